The topological polar surface area (TPSA) is 75.7 Å². The molecular weight excluding hydrogens is 347 g/mol. The first-order chi connectivity index (χ1) is 12.0. The van der Waals surface area contributed by atoms with Crippen LogP contribution in [0, 0.1) is 0 Å². The molecule has 0 bridgehead atoms. The number of alkyl halides is 1. The number of ether oxygens (including phenoxy) is 1. The first-order valence-corrected chi connectivity index (χ1v) is 9.89. The number of nitrogens with zero attached hydrogens (tertiary/aromatic N) is 1. The summed E-state index contributed by atoms with van der Waals surface area (Å²) in [5, 5.41) is 2.40. The Balaban J connectivity index is 2.24. The second-order valence-corrected chi connectivity index (χ2v) is 7.91. The molecule has 1 fully saturated rings. The van der Waals surface area contributed by atoms with Crippen LogP contribution >= 0.6 is 0 Å². The van der Waals surface area contributed by atoms with E-state index in [0.717, 1.165) is 19.3 Å². The number of carbonyl (C=O) groups is 1. The molecule has 1 atom stereocenters. The van der Waals surface area contributed by atoms with Gasteiger partial charge in [0.15, 0.2) is 0 Å². The maximum Gasteiger partial charge on any atom is 0.251 e. The van der Waals surface area contributed by atoms with Gasteiger partial charge in [0.1, 0.15) is 6.67 Å². The van der Waals surface area contributed by atoms with Crippen LogP contribution in [0.1, 0.15) is 36.0 Å². The molecule has 1 amide bonds. The zero-order chi connectivity index (χ0) is 18.3. The van der Waals surface area contributed by atoms with Crippen molar-refractivity contribution >= 4 is 15.9 Å². The number of nitrogens with one attached hydrogen (secondary N) is 1. The zero-order valence-corrected chi connectivity index (χ0v) is 15.2. The van der Waals surface area contributed by atoms with Crippen LogP contribution in [0.3, 0.4) is 0 Å². The summed E-state index contributed by atoms with van der Waals surface area (Å²) in [6, 6.07) is 5.80. The Bertz CT molecular complexity index is 681. The van der Waals surface area contributed by atoms with Gasteiger partial charge in [0.25, 0.3) is 5.91 Å². The molecule has 0 saturated carbocycles. The standard InChI is InChI=1S/C17H25FN2O4S/c1-24-12-8-15-6-2-3-11-20(15)25(22,23)16-7-4-5-14(13-16)17(21)19-10-9-18/h4-5,7,13,15H,2-3,6,8-12H2,1H3,(H,19,21). The van der Waals surface area contributed by atoms with Gasteiger partial charge in [-0.3, -0.25) is 4.79 Å². The van der Waals surface area contributed by atoms with Gasteiger partial charge in [-0.25, -0.2) is 12.8 Å². The highest BCUT2D eigenvalue weighted by molar-refractivity contribution is 7.89. The van der Waals surface area contributed by atoms with Gasteiger partial charge in [0, 0.05) is 38.4 Å². The molecule has 140 valence electrons. The van der Waals surface area contributed by atoms with Crippen LogP contribution in [0.2, 0.25) is 0 Å². The van der Waals surface area contributed by atoms with Crippen molar-refractivity contribution in [1.29, 1.82) is 0 Å². The van der Waals surface area contributed by atoms with Gasteiger partial charge in [0.2, 0.25) is 10.0 Å². The van der Waals surface area contributed by atoms with Crippen molar-refractivity contribution in [3.63, 3.8) is 0 Å². The summed E-state index contributed by atoms with van der Waals surface area (Å²) in [7, 11) is -2.10. The number of sulfonamides is 1. The number of hydrogen-bond acceptors (Lipinski definition) is 4. The molecule has 0 aliphatic carbocycles. The van der Waals surface area contributed by atoms with Crippen LogP contribution in [0.4, 0.5) is 4.39 Å². The van der Waals surface area contributed by atoms with E-state index in [9.17, 15) is 17.6 Å². The number of methoxy groups -OCH3 is 1. The molecule has 1 aliphatic rings. The van der Waals surface area contributed by atoms with E-state index < -0.39 is 22.6 Å². The second kappa shape index (κ2) is 9.26. The highest BCUT2D eigenvalue weighted by Gasteiger charge is 2.33. The van der Waals surface area contributed by atoms with Crippen LogP contribution in [-0.2, 0) is 14.8 Å². The van der Waals surface area contributed by atoms with Crippen LogP contribution in [0.15, 0.2) is 29.2 Å². The molecule has 8 heteroatoms. The molecule has 0 aromatic heterocycles. The molecule has 1 aromatic carbocycles. The highest BCUT2D eigenvalue weighted by atomic mass is 32.2. The van der Waals surface area contributed by atoms with Crippen molar-refractivity contribution in [2.75, 3.05) is 33.5 Å². The molecule has 6 nitrogen and oxygen atoms in total. The summed E-state index contributed by atoms with van der Waals surface area (Å²) in [6.07, 6.45) is 3.26. The molecule has 1 unspecified atom stereocenters. The first kappa shape index (κ1) is 19.8. The summed E-state index contributed by atoms with van der Waals surface area (Å²) in [6.45, 7) is 0.205. The lowest BCUT2D eigenvalue weighted by Gasteiger charge is -2.34. The fraction of sp³-hybridized carbons (Fsp3) is 0.588. The smallest absolute Gasteiger partial charge is 0.251 e. The third-order valence-corrected chi connectivity index (χ3v) is 6.26. The maximum absolute atomic E-state index is 13.0. The van der Waals surface area contributed by atoms with Crippen LogP contribution in [0.5, 0.6) is 0 Å². The van der Waals surface area contributed by atoms with Crippen molar-refractivity contribution < 1.29 is 22.3 Å². The lowest BCUT2D eigenvalue weighted by atomic mass is 10.0. The van der Waals surface area contributed by atoms with E-state index >= 15 is 0 Å². The van der Waals surface area contributed by atoms with Gasteiger partial charge in [-0.2, -0.15) is 4.31 Å². The number of piperidine rings is 1. The third-order valence-electron chi connectivity index (χ3n) is 4.31. The van der Waals surface area contributed by atoms with E-state index in [-0.39, 0.29) is 23.0 Å². The van der Waals surface area contributed by atoms with Crippen molar-refractivity contribution in [3.05, 3.63) is 29.8 Å². The fourth-order valence-electron chi connectivity index (χ4n) is 3.03. The van der Waals surface area contributed by atoms with Crippen molar-refractivity contribution in [2.45, 2.75) is 36.6 Å². The quantitative estimate of drug-likeness (QED) is 0.757. The zero-order valence-electron chi connectivity index (χ0n) is 14.4. The fourth-order valence-corrected chi connectivity index (χ4v) is 4.80. The van der Waals surface area contributed by atoms with Gasteiger partial charge in [0.05, 0.1) is 4.90 Å². The minimum Gasteiger partial charge on any atom is -0.385 e. The summed E-state index contributed by atoms with van der Waals surface area (Å²) in [4.78, 5) is 12.0. The molecule has 0 spiro atoms. The van der Waals surface area contributed by atoms with E-state index in [1.807, 2.05) is 0 Å². The lowest BCUT2D eigenvalue weighted by molar-refractivity contribution is 0.0950. The van der Waals surface area contributed by atoms with Gasteiger partial charge in [-0.15, -0.1) is 0 Å². The Labute approximate surface area is 148 Å². The molecule has 1 saturated heterocycles. The first-order valence-electron chi connectivity index (χ1n) is 8.45. The SMILES string of the molecule is COCCC1CCCCN1S(=O)(=O)c1cccc(C(=O)NCCF)c1. The summed E-state index contributed by atoms with van der Waals surface area (Å²) >= 11 is 0. The number of benzene rings is 1. The highest BCUT2D eigenvalue weighted by Crippen LogP contribution is 2.27. The summed E-state index contributed by atoms with van der Waals surface area (Å²) in [5.41, 5.74) is 0.208. The van der Waals surface area contributed by atoms with E-state index in [2.05, 4.69) is 5.32 Å². The number of rotatable bonds is 8. The summed E-state index contributed by atoms with van der Waals surface area (Å²) < 4.78 is 44.9. The van der Waals surface area contributed by atoms with Crippen LogP contribution < -0.4 is 5.32 Å². The average molecular weight is 372 g/mol. The number of carbonyl (C=O) groups excluding carboxylic acids is 1. The molecular formula is C17H25FN2O4S. The second-order valence-electron chi connectivity index (χ2n) is 6.02. The number of hydrogen-bond donors (Lipinski definition) is 1. The molecule has 1 aromatic rings. The monoisotopic (exact) mass is 372 g/mol. The Morgan fingerprint density at radius 1 is 1.40 bits per heavy atom. The molecule has 2 rings (SSSR count). The van der Waals surface area contributed by atoms with Crippen molar-refractivity contribution in [1.82, 2.24) is 9.62 Å². The van der Waals surface area contributed by atoms with E-state index in [0.29, 0.717) is 19.6 Å². The summed E-state index contributed by atoms with van der Waals surface area (Å²) in [5.74, 6) is -0.482. The predicted octanol–water partition coefficient (Wildman–Crippen LogP) is 1.97. The van der Waals surface area contributed by atoms with Gasteiger partial charge in [-0.1, -0.05) is 12.5 Å². The Kier molecular flexibility index (Phi) is 7.34. The molecule has 0 radical (unpaired) electrons. The number of halogens is 1. The average Bonchev–Trinajstić information content (AvgIpc) is 2.64. The van der Waals surface area contributed by atoms with Crippen molar-refractivity contribution in [3.8, 4) is 0 Å². The van der Waals surface area contributed by atoms with Crippen LogP contribution in [0.25, 0.3) is 0 Å². The maximum atomic E-state index is 13.0. The molecule has 1 aliphatic heterocycles. The molecule has 1 heterocycles. The minimum absolute atomic E-state index is 0.0877. The molecule has 1 N–H and O–H groups in total. The third kappa shape index (κ3) is 4.99. The Morgan fingerprint density at radius 2 is 2.20 bits per heavy atom. The predicted molar refractivity (Wildman–Crippen MR) is 92.8 cm³/mol. The Hall–Kier alpha value is -1.51. The van der Waals surface area contributed by atoms with Crippen molar-refractivity contribution in [2.24, 2.45) is 0 Å². The lowest BCUT2D eigenvalue weighted by Crippen LogP contribution is -2.44. The van der Waals surface area contributed by atoms with Gasteiger partial charge in [-0.05, 0) is 37.5 Å². The Morgan fingerprint density at radius 3 is 2.92 bits per heavy atom. The van der Waals surface area contributed by atoms with Gasteiger partial charge >= 0.3 is 0 Å². The van der Waals surface area contributed by atoms with Crippen LogP contribution in [-0.4, -0.2) is 58.2 Å². The molecule has 25 heavy (non-hydrogen) atoms. The van der Waals surface area contributed by atoms with E-state index in [1.165, 1.54) is 28.6 Å². The van der Waals surface area contributed by atoms with Gasteiger partial charge < -0.3 is 10.1 Å². The normalized spacial score (nSPS) is 18.9. The van der Waals surface area contributed by atoms with E-state index in [4.69, 9.17) is 4.74 Å². The minimum atomic E-state index is -3.69. The van der Waals surface area contributed by atoms with E-state index in [1.54, 1.807) is 7.11 Å². The largest absolute Gasteiger partial charge is 0.385 e. The number of amides is 1.